The second kappa shape index (κ2) is 9.07. The highest BCUT2D eigenvalue weighted by molar-refractivity contribution is 7.92. The molecule has 13 heteroatoms. The standard InChI is InChI=1S/C17H15F4N3O5S/c18-12-3-1-11(2-4-12)9-16(25)23-8-7-22-14-6-5-13(10-15(14)24(26)27)30(28,29)17(19,20)21/h1-6,10,22H,7-9H2,(H,23,25). The number of amides is 1. The van der Waals surface area contributed by atoms with Crippen molar-refractivity contribution in [1.82, 2.24) is 5.32 Å². The van der Waals surface area contributed by atoms with E-state index < -0.39 is 42.6 Å². The molecule has 0 aliphatic carbocycles. The van der Waals surface area contributed by atoms with E-state index in [1.807, 2.05) is 0 Å². The van der Waals surface area contributed by atoms with Gasteiger partial charge >= 0.3 is 5.51 Å². The van der Waals surface area contributed by atoms with Gasteiger partial charge in [0.25, 0.3) is 15.5 Å². The first-order valence-electron chi connectivity index (χ1n) is 8.26. The minimum atomic E-state index is -5.73. The number of nitrogens with one attached hydrogen (secondary N) is 2. The second-order valence-electron chi connectivity index (χ2n) is 5.97. The van der Waals surface area contributed by atoms with E-state index in [0.717, 1.165) is 6.07 Å². The summed E-state index contributed by atoms with van der Waals surface area (Å²) in [4.78, 5) is 20.7. The predicted octanol–water partition coefficient (Wildman–Crippen LogP) is 2.80. The maximum absolute atomic E-state index is 12.8. The van der Waals surface area contributed by atoms with Gasteiger partial charge in [-0.1, -0.05) is 12.1 Å². The molecule has 2 aromatic rings. The van der Waals surface area contributed by atoms with E-state index >= 15 is 0 Å². The average Bonchev–Trinajstić information content (AvgIpc) is 2.66. The Labute approximate surface area is 168 Å². The highest BCUT2D eigenvalue weighted by Gasteiger charge is 2.47. The maximum Gasteiger partial charge on any atom is 0.501 e. The second-order valence-corrected chi connectivity index (χ2v) is 7.91. The fraction of sp³-hybridized carbons (Fsp3) is 0.235. The SMILES string of the molecule is O=C(Cc1ccc(F)cc1)NCCNc1ccc(S(=O)(=O)C(F)(F)F)cc1[N+](=O)[O-]. The zero-order chi connectivity index (χ0) is 22.5. The largest absolute Gasteiger partial charge is 0.501 e. The number of carbonyl (C=O) groups is 1. The number of nitro benzene ring substituents is 1. The van der Waals surface area contributed by atoms with E-state index in [1.54, 1.807) is 0 Å². The number of nitro groups is 1. The van der Waals surface area contributed by atoms with Crippen LogP contribution in [-0.2, 0) is 21.1 Å². The predicted molar refractivity (Wildman–Crippen MR) is 97.9 cm³/mol. The molecule has 0 radical (unpaired) electrons. The smallest absolute Gasteiger partial charge is 0.378 e. The quantitative estimate of drug-likeness (QED) is 0.277. The molecule has 162 valence electrons. The summed E-state index contributed by atoms with van der Waals surface area (Å²) in [5, 5.41) is 16.2. The summed E-state index contributed by atoms with van der Waals surface area (Å²) < 4.78 is 73.5. The van der Waals surface area contributed by atoms with Crippen molar-refractivity contribution in [3.8, 4) is 0 Å². The molecule has 0 saturated heterocycles. The molecule has 2 rings (SSSR count). The summed E-state index contributed by atoms with van der Waals surface area (Å²) in [7, 11) is -5.73. The van der Waals surface area contributed by atoms with Gasteiger partial charge in [0.05, 0.1) is 16.2 Å². The normalized spacial score (nSPS) is 11.7. The summed E-state index contributed by atoms with van der Waals surface area (Å²) in [6, 6.07) is 7.04. The molecule has 0 fully saturated rings. The van der Waals surface area contributed by atoms with Crippen LogP contribution in [0.5, 0.6) is 0 Å². The van der Waals surface area contributed by atoms with E-state index in [-0.39, 0.29) is 25.2 Å². The van der Waals surface area contributed by atoms with Gasteiger partial charge in [-0.3, -0.25) is 14.9 Å². The van der Waals surface area contributed by atoms with Gasteiger partial charge in [-0.2, -0.15) is 13.2 Å². The van der Waals surface area contributed by atoms with Crippen LogP contribution < -0.4 is 10.6 Å². The number of nitrogens with zero attached hydrogens (tertiary/aromatic N) is 1. The molecule has 0 heterocycles. The minimum absolute atomic E-state index is 0.0137. The van der Waals surface area contributed by atoms with Crippen molar-refractivity contribution in [3.63, 3.8) is 0 Å². The zero-order valence-corrected chi connectivity index (χ0v) is 15.9. The van der Waals surface area contributed by atoms with E-state index in [0.29, 0.717) is 17.7 Å². The summed E-state index contributed by atoms with van der Waals surface area (Å²) in [6.07, 6.45) is -0.0234. The number of halogens is 4. The highest BCUT2D eigenvalue weighted by atomic mass is 32.2. The Bertz CT molecular complexity index is 1040. The van der Waals surface area contributed by atoms with Crippen molar-refractivity contribution in [2.45, 2.75) is 16.8 Å². The Kier molecular flexibility index (Phi) is 6.97. The molecule has 0 aliphatic rings. The Balaban J connectivity index is 1.99. The van der Waals surface area contributed by atoms with Crippen molar-refractivity contribution < 1.29 is 35.7 Å². The van der Waals surface area contributed by atoms with Gasteiger partial charge in [-0.25, -0.2) is 12.8 Å². The maximum atomic E-state index is 12.8. The third-order valence-electron chi connectivity index (χ3n) is 3.82. The average molecular weight is 449 g/mol. The Morgan fingerprint density at radius 3 is 2.27 bits per heavy atom. The molecule has 0 aliphatic heterocycles. The number of rotatable bonds is 8. The lowest BCUT2D eigenvalue weighted by atomic mass is 10.1. The van der Waals surface area contributed by atoms with Gasteiger partial charge in [-0.15, -0.1) is 0 Å². The van der Waals surface area contributed by atoms with E-state index in [1.165, 1.54) is 24.3 Å². The number of alkyl halides is 3. The Morgan fingerprint density at radius 2 is 1.70 bits per heavy atom. The van der Waals surface area contributed by atoms with E-state index in [9.17, 15) is 40.9 Å². The molecular formula is C17H15F4N3O5S. The first-order chi connectivity index (χ1) is 13.9. The Hall–Kier alpha value is -3.22. The summed E-state index contributed by atoms with van der Waals surface area (Å²) in [5.41, 5.74) is -6.10. The van der Waals surface area contributed by atoms with Crippen molar-refractivity contribution >= 4 is 27.1 Å². The van der Waals surface area contributed by atoms with Crippen LogP contribution in [0, 0.1) is 15.9 Å². The summed E-state index contributed by atoms with van der Waals surface area (Å²) in [6.45, 7) is -0.0127. The molecule has 0 aromatic heterocycles. The number of carbonyl (C=O) groups excluding carboxylic acids is 1. The third-order valence-corrected chi connectivity index (χ3v) is 5.31. The Morgan fingerprint density at radius 1 is 1.07 bits per heavy atom. The summed E-state index contributed by atoms with van der Waals surface area (Å²) >= 11 is 0. The van der Waals surface area contributed by atoms with Crippen LogP contribution in [0.25, 0.3) is 0 Å². The van der Waals surface area contributed by atoms with Crippen LogP contribution in [0.4, 0.5) is 28.9 Å². The zero-order valence-electron chi connectivity index (χ0n) is 15.1. The number of anilines is 1. The minimum Gasteiger partial charge on any atom is -0.378 e. The molecule has 0 saturated carbocycles. The van der Waals surface area contributed by atoms with Crippen molar-refractivity contribution in [3.05, 3.63) is 64.0 Å². The van der Waals surface area contributed by atoms with Crippen LogP contribution in [0.3, 0.4) is 0 Å². The van der Waals surface area contributed by atoms with Gasteiger partial charge < -0.3 is 10.6 Å². The molecule has 2 N–H and O–H groups in total. The van der Waals surface area contributed by atoms with Crippen LogP contribution in [0.15, 0.2) is 47.4 Å². The van der Waals surface area contributed by atoms with E-state index in [4.69, 9.17) is 0 Å². The first kappa shape index (κ1) is 23.1. The van der Waals surface area contributed by atoms with Gasteiger partial charge in [0.15, 0.2) is 0 Å². The highest BCUT2D eigenvalue weighted by Crippen LogP contribution is 2.34. The van der Waals surface area contributed by atoms with Crippen molar-refractivity contribution in [1.29, 1.82) is 0 Å². The van der Waals surface area contributed by atoms with E-state index in [2.05, 4.69) is 10.6 Å². The van der Waals surface area contributed by atoms with Crippen LogP contribution >= 0.6 is 0 Å². The number of benzene rings is 2. The van der Waals surface area contributed by atoms with Gasteiger partial charge in [0.1, 0.15) is 11.5 Å². The fourth-order valence-corrected chi connectivity index (χ4v) is 3.14. The molecular weight excluding hydrogens is 434 g/mol. The molecule has 0 unspecified atom stereocenters. The number of hydrogen-bond acceptors (Lipinski definition) is 6. The van der Waals surface area contributed by atoms with Crippen LogP contribution in [-0.4, -0.2) is 37.8 Å². The molecule has 0 bridgehead atoms. The van der Waals surface area contributed by atoms with Crippen molar-refractivity contribution in [2.75, 3.05) is 18.4 Å². The van der Waals surface area contributed by atoms with Gasteiger partial charge in [0, 0.05) is 19.2 Å². The third kappa shape index (κ3) is 5.65. The molecule has 0 atom stereocenters. The van der Waals surface area contributed by atoms with Crippen LogP contribution in [0.2, 0.25) is 0 Å². The molecule has 30 heavy (non-hydrogen) atoms. The molecule has 1 amide bonds. The monoisotopic (exact) mass is 449 g/mol. The lowest BCUT2D eigenvalue weighted by molar-refractivity contribution is -0.384. The molecule has 8 nitrogen and oxygen atoms in total. The van der Waals surface area contributed by atoms with Crippen LogP contribution in [0.1, 0.15) is 5.56 Å². The topological polar surface area (TPSA) is 118 Å². The lowest BCUT2D eigenvalue weighted by Crippen LogP contribution is -2.30. The fourth-order valence-electron chi connectivity index (χ4n) is 2.36. The first-order valence-corrected chi connectivity index (χ1v) is 9.75. The lowest BCUT2D eigenvalue weighted by Gasteiger charge is -2.11. The number of hydrogen-bond donors (Lipinski definition) is 2. The van der Waals surface area contributed by atoms with Gasteiger partial charge in [-0.05, 0) is 29.8 Å². The summed E-state index contributed by atoms with van der Waals surface area (Å²) in [5.74, 6) is -0.844. The molecule has 2 aromatic carbocycles. The molecule has 0 spiro atoms. The number of sulfone groups is 1. The van der Waals surface area contributed by atoms with Crippen molar-refractivity contribution in [2.24, 2.45) is 0 Å². The van der Waals surface area contributed by atoms with Gasteiger partial charge in [0.2, 0.25) is 5.91 Å².